The number of oxazole rings is 1. The van der Waals surface area contributed by atoms with Crippen molar-refractivity contribution < 1.29 is 27.5 Å². The largest absolute Gasteiger partial charge is 0.480 e. The van der Waals surface area contributed by atoms with E-state index in [2.05, 4.69) is 4.98 Å². The van der Waals surface area contributed by atoms with Crippen LogP contribution in [0.4, 0.5) is 0 Å². The zero-order valence-corrected chi connectivity index (χ0v) is 19.4. The van der Waals surface area contributed by atoms with Crippen molar-refractivity contribution in [2.45, 2.75) is 70.8 Å². The van der Waals surface area contributed by atoms with Gasteiger partial charge in [0.15, 0.2) is 14.6 Å². The van der Waals surface area contributed by atoms with Gasteiger partial charge in [0.2, 0.25) is 5.89 Å². The van der Waals surface area contributed by atoms with E-state index >= 15 is 0 Å². The normalized spacial score (nSPS) is 20.0. The molecule has 0 aliphatic heterocycles. The summed E-state index contributed by atoms with van der Waals surface area (Å²) in [6.07, 6.45) is 2.97. The number of nitrogens with zero attached hydrogens (tertiary/aromatic N) is 1. The highest BCUT2D eigenvalue weighted by Crippen LogP contribution is 2.31. The molecule has 1 aromatic carbocycles. The minimum Gasteiger partial charge on any atom is -0.480 e. The van der Waals surface area contributed by atoms with Crippen LogP contribution in [0.1, 0.15) is 56.5 Å². The molecule has 0 amide bonds. The first-order chi connectivity index (χ1) is 14.5. The summed E-state index contributed by atoms with van der Waals surface area (Å²) >= 11 is 0. The van der Waals surface area contributed by atoms with Crippen LogP contribution in [0.15, 0.2) is 28.7 Å². The molecule has 1 N–H and O–H groups in total. The van der Waals surface area contributed by atoms with Crippen molar-refractivity contribution in [1.82, 2.24) is 4.98 Å². The van der Waals surface area contributed by atoms with Gasteiger partial charge in [-0.05, 0) is 65.0 Å². The lowest BCUT2D eigenvalue weighted by Crippen LogP contribution is -2.44. The van der Waals surface area contributed by atoms with E-state index in [9.17, 15) is 18.3 Å². The molecule has 2 atom stereocenters. The minimum absolute atomic E-state index is 0.0826. The number of aliphatic carboxylic acids is 1. The number of benzene rings is 1. The third-order valence-corrected chi connectivity index (χ3v) is 8.77. The molecule has 1 saturated carbocycles. The van der Waals surface area contributed by atoms with Crippen molar-refractivity contribution >= 4 is 15.8 Å². The second-order valence-electron chi connectivity index (χ2n) is 8.95. The first kappa shape index (κ1) is 23.5. The summed E-state index contributed by atoms with van der Waals surface area (Å²) in [5, 5.41) is 9.27. The van der Waals surface area contributed by atoms with Crippen LogP contribution in [0.5, 0.6) is 0 Å². The smallest absolute Gasteiger partial charge is 0.324 e. The number of hydrogen-bond acceptors (Lipinski definition) is 6. The fraction of sp³-hybridized carbons (Fsp3) is 0.565. The second-order valence-corrected chi connectivity index (χ2v) is 11.5. The molecular weight excluding hydrogens is 418 g/mol. The van der Waals surface area contributed by atoms with E-state index in [-0.39, 0.29) is 17.8 Å². The number of carboxylic acid groups (broad SMARTS) is 1. The summed E-state index contributed by atoms with van der Waals surface area (Å²) in [5.74, 6) is -0.300. The molecule has 8 heteroatoms. The molecule has 7 nitrogen and oxygen atoms in total. The molecule has 0 saturated heterocycles. The first-order valence-electron chi connectivity index (χ1n) is 10.6. The number of aromatic nitrogens is 1. The minimum atomic E-state index is -3.77. The maximum Gasteiger partial charge on any atom is 0.324 e. The third kappa shape index (κ3) is 5.36. The van der Waals surface area contributed by atoms with Crippen molar-refractivity contribution in [1.29, 1.82) is 0 Å². The molecule has 1 aliphatic rings. The molecule has 2 unspecified atom stereocenters. The Morgan fingerprint density at radius 1 is 1.23 bits per heavy atom. The lowest BCUT2D eigenvalue weighted by molar-refractivity contribution is -0.139. The van der Waals surface area contributed by atoms with E-state index < -0.39 is 20.6 Å². The highest BCUT2D eigenvalue weighted by atomic mass is 32.2. The topological polar surface area (TPSA) is 107 Å². The Hall–Kier alpha value is -2.19. The zero-order valence-electron chi connectivity index (χ0n) is 18.6. The predicted molar refractivity (Wildman–Crippen MR) is 117 cm³/mol. The van der Waals surface area contributed by atoms with Crippen LogP contribution in [0.3, 0.4) is 0 Å². The van der Waals surface area contributed by atoms with Gasteiger partial charge in [-0.3, -0.25) is 4.79 Å². The van der Waals surface area contributed by atoms with E-state index in [0.717, 1.165) is 36.1 Å². The summed E-state index contributed by atoms with van der Waals surface area (Å²) in [7, 11) is -3.77. The van der Waals surface area contributed by atoms with Crippen molar-refractivity contribution in [3.8, 4) is 11.5 Å². The van der Waals surface area contributed by atoms with E-state index in [4.69, 9.17) is 9.15 Å². The first-order valence-corrected chi connectivity index (χ1v) is 12.3. The van der Waals surface area contributed by atoms with Gasteiger partial charge in [0.05, 0.1) is 18.5 Å². The summed E-state index contributed by atoms with van der Waals surface area (Å²) in [6.45, 7) is 6.68. The zero-order chi connectivity index (χ0) is 22.8. The Balaban J connectivity index is 1.60. The summed E-state index contributed by atoms with van der Waals surface area (Å²) in [4.78, 5) is 15.9. The second kappa shape index (κ2) is 9.12. The Morgan fingerprint density at radius 3 is 2.55 bits per heavy atom. The molecule has 0 radical (unpaired) electrons. The Morgan fingerprint density at radius 2 is 1.90 bits per heavy atom. The van der Waals surface area contributed by atoms with Gasteiger partial charge in [0, 0.05) is 5.56 Å². The molecule has 170 valence electrons. The molecule has 0 spiro atoms. The van der Waals surface area contributed by atoms with Crippen LogP contribution in [0, 0.1) is 19.8 Å². The van der Waals surface area contributed by atoms with Crippen LogP contribution in [-0.4, -0.2) is 41.1 Å². The molecule has 0 bridgehead atoms. The average molecular weight is 450 g/mol. The number of sulfone groups is 1. The van der Waals surface area contributed by atoms with Gasteiger partial charge in [-0.2, -0.15) is 0 Å². The Labute approximate surface area is 183 Å². The lowest BCUT2D eigenvalue weighted by Gasteiger charge is -2.30. The Kier molecular flexibility index (Phi) is 6.91. The monoisotopic (exact) mass is 449 g/mol. The number of aryl methyl sites for hydroxylation is 2. The standard InChI is InChI=1S/C23H31NO6S/c1-15-8-10-18(11-9-15)21-24-20(16(2)30-21)13-29-19-7-5-6-17(12-19)14-31(27,28)23(3,4)22(25)26/h8-11,17,19H,5-7,12-14H2,1-4H3,(H,25,26). The highest BCUT2D eigenvalue weighted by molar-refractivity contribution is 7.93. The molecule has 1 heterocycles. The molecule has 2 aromatic rings. The number of hydrogen-bond donors (Lipinski definition) is 1. The molecule has 1 aliphatic carbocycles. The quantitative estimate of drug-likeness (QED) is 0.640. The van der Waals surface area contributed by atoms with Crippen LogP contribution < -0.4 is 0 Å². The van der Waals surface area contributed by atoms with Crippen LogP contribution in [0.25, 0.3) is 11.5 Å². The Bertz CT molecular complexity index is 1020. The van der Waals surface area contributed by atoms with Crippen LogP contribution >= 0.6 is 0 Å². The van der Waals surface area contributed by atoms with Gasteiger partial charge in [-0.1, -0.05) is 24.1 Å². The van der Waals surface area contributed by atoms with Gasteiger partial charge >= 0.3 is 5.97 Å². The predicted octanol–water partition coefficient (Wildman–Crippen LogP) is 4.31. The van der Waals surface area contributed by atoms with Gasteiger partial charge in [-0.15, -0.1) is 0 Å². The molecule has 31 heavy (non-hydrogen) atoms. The average Bonchev–Trinajstić information content (AvgIpc) is 3.07. The van der Waals surface area contributed by atoms with Crippen LogP contribution in [-0.2, 0) is 26.0 Å². The molecule has 1 aromatic heterocycles. The van der Waals surface area contributed by atoms with Crippen molar-refractivity contribution in [3.63, 3.8) is 0 Å². The number of carbonyl (C=O) groups is 1. The summed E-state index contributed by atoms with van der Waals surface area (Å²) in [5.41, 5.74) is 2.80. The van der Waals surface area contributed by atoms with Gasteiger partial charge < -0.3 is 14.3 Å². The number of ether oxygens (including phenoxy) is 1. The van der Waals surface area contributed by atoms with Crippen molar-refractivity contribution in [2.24, 2.45) is 5.92 Å². The SMILES string of the molecule is Cc1ccc(-c2nc(COC3CCCC(CS(=O)(=O)C(C)(C)C(=O)O)C3)c(C)o2)cc1. The summed E-state index contributed by atoms with van der Waals surface area (Å²) < 4.78 is 35.3. The molecular formula is C23H31NO6S. The maximum absolute atomic E-state index is 12.6. The van der Waals surface area contributed by atoms with E-state index in [1.54, 1.807) is 0 Å². The van der Waals surface area contributed by atoms with E-state index in [1.807, 2.05) is 38.1 Å². The van der Waals surface area contributed by atoms with Gasteiger partial charge in [0.25, 0.3) is 0 Å². The van der Waals surface area contributed by atoms with Gasteiger partial charge in [0.1, 0.15) is 11.5 Å². The van der Waals surface area contributed by atoms with E-state index in [1.165, 1.54) is 13.8 Å². The lowest BCUT2D eigenvalue weighted by atomic mass is 9.88. The maximum atomic E-state index is 12.6. The van der Waals surface area contributed by atoms with Crippen molar-refractivity contribution in [2.75, 3.05) is 5.75 Å². The molecule has 1 fully saturated rings. The van der Waals surface area contributed by atoms with E-state index in [0.29, 0.717) is 24.7 Å². The fourth-order valence-corrected chi connectivity index (χ4v) is 5.38. The van der Waals surface area contributed by atoms with Gasteiger partial charge in [-0.25, -0.2) is 13.4 Å². The van der Waals surface area contributed by atoms with Crippen LogP contribution in [0.2, 0.25) is 0 Å². The fourth-order valence-electron chi connectivity index (χ4n) is 3.77. The number of carboxylic acids is 1. The van der Waals surface area contributed by atoms with Crippen molar-refractivity contribution in [3.05, 3.63) is 41.3 Å². The highest BCUT2D eigenvalue weighted by Gasteiger charge is 2.43. The number of rotatable bonds is 8. The third-order valence-electron chi connectivity index (χ3n) is 6.13. The molecule has 3 rings (SSSR count). The summed E-state index contributed by atoms with van der Waals surface area (Å²) in [6, 6.07) is 7.95.